The van der Waals surface area contributed by atoms with Gasteiger partial charge >= 0.3 is 11.6 Å². The van der Waals surface area contributed by atoms with Crippen LogP contribution < -0.4 is 15.1 Å². The van der Waals surface area contributed by atoms with Crippen LogP contribution in [0.2, 0.25) is 0 Å². The molecule has 1 aromatic carbocycles. The summed E-state index contributed by atoms with van der Waals surface area (Å²) in [6, 6.07) is 8.71. The molecule has 0 unspecified atom stereocenters. The molecule has 1 aliphatic rings. The summed E-state index contributed by atoms with van der Waals surface area (Å²) in [5.41, 5.74) is 0.569. The highest BCUT2D eigenvalue weighted by Crippen LogP contribution is 2.41. The van der Waals surface area contributed by atoms with Gasteiger partial charge in [0.1, 0.15) is 17.3 Å². The Labute approximate surface area is 132 Å². The summed E-state index contributed by atoms with van der Waals surface area (Å²) in [6.45, 7) is 1.65. The van der Waals surface area contributed by atoms with Crippen LogP contribution >= 0.6 is 0 Å². The molecule has 3 rings (SSSR count). The number of methoxy groups -OCH3 is 2. The molecule has 0 aliphatic carbocycles. The second kappa shape index (κ2) is 5.79. The standard InChI is InChI=1S/C17H16O6/c1-9-8-12-14(16(18)22-9)13(15(23-12)17(19)21-3)10-4-6-11(20-2)7-5-10/h4-8,13,15H,1-3H3/t13-,15-/m0/s1. The highest BCUT2D eigenvalue weighted by Gasteiger charge is 2.43. The summed E-state index contributed by atoms with van der Waals surface area (Å²) in [5.74, 6) is 0.334. The molecule has 120 valence electrons. The predicted octanol–water partition coefficient (Wildman–Crippen LogP) is 2.02. The van der Waals surface area contributed by atoms with Crippen molar-refractivity contribution in [1.29, 1.82) is 0 Å². The minimum Gasteiger partial charge on any atom is -0.497 e. The van der Waals surface area contributed by atoms with E-state index in [9.17, 15) is 9.59 Å². The van der Waals surface area contributed by atoms with E-state index in [1.165, 1.54) is 7.11 Å². The number of carbonyl (C=O) groups is 1. The van der Waals surface area contributed by atoms with Crippen molar-refractivity contribution in [1.82, 2.24) is 0 Å². The number of carbonyl (C=O) groups excluding carboxylic acids is 1. The Bertz CT molecular complexity index is 790. The van der Waals surface area contributed by atoms with Crippen molar-refractivity contribution in [2.24, 2.45) is 0 Å². The van der Waals surface area contributed by atoms with Gasteiger partial charge < -0.3 is 18.6 Å². The molecular weight excluding hydrogens is 300 g/mol. The fourth-order valence-electron chi connectivity index (χ4n) is 2.78. The maximum Gasteiger partial charge on any atom is 0.348 e. The summed E-state index contributed by atoms with van der Waals surface area (Å²) >= 11 is 0. The average Bonchev–Trinajstić information content (AvgIpc) is 2.93. The molecule has 2 aromatic rings. The summed E-state index contributed by atoms with van der Waals surface area (Å²) in [5, 5.41) is 0. The summed E-state index contributed by atoms with van der Waals surface area (Å²) in [7, 11) is 2.85. The van der Waals surface area contributed by atoms with E-state index in [0.717, 1.165) is 5.56 Å². The van der Waals surface area contributed by atoms with Crippen molar-refractivity contribution in [2.75, 3.05) is 14.2 Å². The summed E-state index contributed by atoms with van der Waals surface area (Å²) in [4.78, 5) is 24.4. The van der Waals surface area contributed by atoms with Crippen molar-refractivity contribution in [3.63, 3.8) is 0 Å². The first-order valence-electron chi connectivity index (χ1n) is 7.08. The highest BCUT2D eigenvalue weighted by atomic mass is 16.6. The molecule has 1 aromatic heterocycles. The van der Waals surface area contributed by atoms with Gasteiger partial charge in [0.15, 0.2) is 0 Å². The lowest BCUT2D eigenvalue weighted by atomic mass is 9.89. The van der Waals surface area contributed by atoms with Crippen LogP contribution in [0.15, 0.2) is 39.5 Å². The lowest BCUT2D eigenvalue weighted by molar-refractivity contribution is -0.148. The zero-order chi connectivity index (χ0) is 16.6. The van der Waals surface area contributed by atoms with Gasteiger partial charge in [-0.3, -0.25) is 0 Å². The maximum absolute atomic E-state index is 12.3. The van der Waals surface area contributed by atoms with Crippen LogP contribution in [0.3, 0.4) is 0 Å². The minimum absolute atomic E-state index is 0.330. The Hall–Kier alpha value is -2.76. The van der Waals surface area contributed by atoms with Gasteiger partial charge in [0.25, 0.3) is 0 Å². The minimum atomic E-state index is -0.923. The van der Waals surface area contributed by atoms with Crippen molar-refractivity contribution >= 4 is 5.97 Å². The van der Waals surface area contributed by atoms with Crippen molar-refractivity contribution in [2.45, 2.75) is 18.9 Å². The Morgan fingerprint density at radius 2 is 1.87 bits per heavy atom. The van der Waals surface area contributed by atoms with Crippen LogP contribution in [0.4, 0.5) is 0 Å². The third-order valence-electron chi connectivity index (χ3n) is 3.85. The van der Waals surface area contributed by atoms with Crippen molar-refractivity contribution < 1.29 is 23.4 Å². The van der Waals surface area contributed by atoms with Gasteiger partial charge in [-0.05, 0) is 24.6 Å². The quantitative estimate of drug-likeness (QED) is 0.807. The number of hydrogen-bond acceptors (Lipinski definition) is 6. The van der Waals surface area contributed by atoms with Gasteiger partial charge in [-0.1, -0.05) is 12.1 Å². The highest BCUT2D eigenvalue weighted by molar-refractivity contribution is 5.79. The Kier molecular flexibility index (Phi) is 3.82. The molecule has 2 atom stereocenters. The second-order valence-corrected chi connectivity index (χ2v) is 5.23. The van der Waals surface area contributed by atoms with Gasteiger partial charge in [-0.15, -0.1) is 0 Å². The third-order valence-corrected chi connectivity index (χ3v) is 3.85. The smallest absolute Gasteiger partial charge is 0.348 e. The average molecular weight is 316 g/mol. The van der Waals surface area contributed by atoms with E-state index in [1.54, 1.807) is 44.4 Å². The number of benzene rings is 1. The number of esters is 1. The van der Waals surface area contributed by atoms with E-state index in [-0.39, 0.29) is 0 Å². The molecule has 6 heteroatoms. The number of ether oxygens (including phenoxy) is 3. The second-order valence-electron chi connectivity index (χ2n) is 5.23. The van der Waals surface area contributed by atoms with Crippen LogP contribution in [-0.2, 0) is 9.53 Å². The first-order chi connectivity index (χ1) is 11.0. The molecule has 0 amide bonds. The van der Waals surface area contributed by atoms with Crippen LogP contribution in [-0.4, -0.2) is 26.3 Å². The molecule has 0 N–H and O–H groups in total. The molecule has 0 radical (unpaired) electrons. The number of rotatable bonds is 3. The van der Waals surface area contributed by atoms with Gasteiger partial charge in [0.2, 0.25) is 6.10 Å². The zero-order valence-electron chi connectivity index (χ0n) is 13.0. The summed E-state index contributed by atoms with van der Waals surface area (Å²) in [6.07, 6.45) is -0.923. The zero-order valence-corrected chi connectivity index (χ0v) is 13.0. The Morgan fingerprint density at radius 1 is 1.17 bits per heavy atom. The lowest BCUT2D eigenvalue weighted by Crippen LogP contribution is -2.31. The molecule has 0 spiro atoms. The molecular formula is C17H16O6. The van der Waals surface area contributed by atoms with Gasteiger partial charge in [0.05, 0.1) is 25.7 Å². The summed E-state index contributed by atoms with van der Waals surface area (Å²) < 4.78 is 20.8. The fraction of sp³-hybridized carbons (Fsp3) is 0.294. The van der Waals surface area contributed by atoms with E-state index >= 15 is 0 Å². The normalized spacial score (nSPS) is 18.9. The van der Waals surface area contributed by atoms with E-state index < -0.39 is 23.6 Å². The first-order valence-corrected chi connectivity index (χ1v) is 7.08. The SMILES string of the molecule is COC(=O)[C@H]1Oc2cc(C)oc(=O)c2[C@@H]1c1ccc(OC)cc1. The van der Waals surface area contributed by atoms with E-state index in [4.69, 9.17) is 18.6 Å². The van der Waals surface area contributed by atoms with Crippen LogP contribution in [0.25, 0.3) is 0 Å². The van der Waals surface area contributed by atoms with E-state index in [0.29, 0.717) is 22.8 Å². The number of aryl methyl sites for hydroxylation is 1. The molecule has 0 fully saturated rings. The first kappa shape index (κ1) is 15.1. The molecule has 2 heterocycles. The van der Waals surface area contributed by atoms with E-state index in [1.807, 2.05) is 0 Å². The number of hydrogen-bond donors (Lipinski definition) is 0. The van der Waals surface area contributed by atoms with Crippen molar-refractivity contribution in [3.05, 3.63) is 57.6 Å². The largest absolute Gasteiger partial charge is 0.497 e. The number of fused-ring (bicyclic) bond motifs is 1. The van der Waals surface area contributed by atoms with Gasteiger partial charge in [0, 0.05) is 6.07 Å². The molecule has 0 saturated carbocycles. The van der Waals surface area contributed by atoms with Gasteiger partial charge in [-0.25, -0.2) is 9.59 Å². The van der Waals surface area contributed by atoms with Crippen molar-refractivity contribution in [3.8, 4) is 11.5 Å². The maximum atomic E-state index is 12.3. The predicted molar refractivity (Wildman–Crippen MR) is 81.0 cm³/mol. The topological polar surface area (TPSA) is 75.0 Å². The third kappa shape index (κ3) is 2.56. The fourth-order valence-corrected chi connectivity index (χ4v) is 2.78. The molecule has 0 saturated heterocycles. The van der Waals surface area contributed by atoms with Crippen LogP contribution in [0.5, 0.6) is 11.5 Å². The molecule has 1 aliphatic heterocycles. The lowest BCUT2D eigenvalue weighted by Gasteiger charge is -2.17. The van der Waals surface area contributed by atoms with E-state index in [2.05, 4.69) is 0 Å². The van der Waals surface area contributed by atoms with Crippen LogP contribution in [0, 0.1) is 6.92 Å². The van der Waals surface area contributed by atoms with Crippen LogP contribution in [0.1, 0.15) is 22.8 Å². The molecule has 23 heavy (non-hydrogen) atoms. The monoisotopic (exact) mass is 316 g/mol. The Morgan fingerprint density at radius 3 is 2.48 bits per heavy atom. The Balaban J connectivity index is 2.13. The molecule has 0 bridgehead atoms. The van der Waals surface area contributed by atoms with Gasteiger partial charge in [-0.2, -0.15) is 0 Å². The molecule has 6 nitrogen and oxygen atoms in total.